The molecule has 0 saturated carbocycles. The van der Waals surface area contributed by atoms with Crippen molar-refractivity contribution in [3.8, 4) is 5.75 Å². The summed E-state index contributed by atoms with van der Waals surface area (Å²) in [5, 5.41) is 20.1. The van der Waals surface area contributed by atoms with Crippen molar-refractivity contribution in [1.82, 2.24) is 15.2 Å². The molecule has 1 atom stereocenters. The number of rotatable bonds is 12. The van der Waals surface area contributed by atoms with Gasteiger partial charge in [-0.3, -0.25) is 19.5 Å². The molecule has 2 aromatic carbocycles. The van der Waals surface area contributed by atoms with Crippen LogP contribution in [0.3, 0.4) is 0 Å². The highest BCUT2D eigenvalue weighted by molar-refractivity contribution is 8.00. The lowest BCUT2D eigenvalue weighted by molar-refractivity contribution is -0.132. The van der Waals surface area contributed by atoms with E-state index in [0.29, 0.717) is 33.6 Å². The molecule has 1 N–H and O–H groups in total. The minimum atomic E-state index is -0.887. The molecule has 210 valence electrons. The van der Waals surface area contributed by atoms with E-state index in [9.17, 15) is 14.7 Å². The zero-order chi connectivity index (χ0) is 28.6. The SMILES string of the molecule is CCCCCCOc1ccc(C2C(=C(O)c3ccncc3)C(=O)C(=O)N2c2nnc(SCc3ccccc3)s2)cc1. The fourth-order valence-corrected chi connectivity index (χ4v) is 6.38. The molecule has 41 heavy (non-hydrogen) atoms. The number of benzene rings is 2. The van der Waals surface area contributed by atoms with Crippen LogP contribution in [-0.4, -0.2) is 38.6 Å². The highest BCUT2D eigenvalue weighted by Gasteiger charge is 2.48. The van der Waals surface area contributed by atoms with E-state index in [0.717, 1.165) is 24.8 Å². The largest absolute Gasteiger partial charge is 0.507 e. The lowest BCUT2D eigenvalue weighted by Gasteiger charge is -2.22. The van der Waals surface area contributed by atoms with Gasteiger partial charge in [-0.05, 0) is 41.8 Å². The number of pyridine rings is 1. The van der Waals surface area contributed by atoms with E-state index in [-0.39, 0.29) is 16.5 Å². The number of anilines is 1. The van der Waals surface area contributed by atoms with Crippen molar-refractivity contribution >= 4 is 45.7 Å². The number of ether oxygens (including phenoxy) is 1. The Hall–Kier alpha value is -4.02. The van der Waals surface area contributed by atoms with Crippen LogP contribution < -0.4 is 9.64 Å². The zero-order valence-electron chi connectivity index (χ0n) is 22.6. The van der Waals surface area contributed by atoms with Crippen molar-refractivity contribution < 1.29 is 19.4 Å². The van der Waals surface area contributed by atoms with Crippen molar-refractivity contribution in [3.05, 3.63) is 101 Å². The van der Waals surface area contributed by atoms with Crippen LogP contribution in [0.4, 0.5) is 5.13 Å². The Kier molecular flexibility index (Phi) is 9.43. The van der Waals surface area contributed by atoms with Gasteiger partial charge in [0.25, 0.3) is 5.78 Å². The van der Waals surface area contributed by atoms with Crippen molar-refractivity contribution in [1.29, 1.82) is 0 Å². The van der Waals surface area contributed by atoms with Crippen LogP contribution in [0.2, 0.25) is 0 Å². The summed E-state index contributed by atoms with van der Waals surface area (Å²) < 4.78 is 6.57. The van der Waals surface area contributed by atoms with E-state index in [4.69, 9.17) is 4.74 Å². The normalized spacial score (nSPS) is 16.3. The molecule has 1 unspecified atom stereocenters. The fourth-order valence-electron chi connectivity index (χ4n) is 4.55. The number of Topliss-reactive ketones (excluding diaryl/α,β-unsaturated/α-hetero) is 1. The number of unbranched alkanes of at least 4 members (excludes halogenated alkanes) is 3. The second-order valence-corrected chi connectivity index (χ2v) is 11.7. The average Bonchev–Trinajstić information content (AvgIpc) is 3.58. The highest BCUT2D eigenvalue weighted by Crippen LogP contribution is 2.44. The monoisotopic (exact) mass is 586 g/mol. The topological polar surface area (TPSA) is 106 Å². The fraction of sp³-hybridized carbons (Fsp3) is 0.258. The molecule has 10 heteroatoms. The summed E-state index contributed by atoms with van der Waals surface area (Å²) in [6.07, 6.45) is 7.47. The van der Waals surface area contributed by atoms with Gasteiger partial charge in [0.15, 0.2) is 4.34 Å². The third-order valence-electron chi connectivity index (χ3n) is 6.67. The van der Waals surface area contributed by atoms with E-state index >= 15 is 0 Å². The quantitative estimate of drug-likeness (QED) is 0.0482. The summed E-state index contributed by atoms with van der Waals surface area (Å²) in [6, 6.07) is 19.6. The molecular weight excluding hydrogens is 556 g/mol. The average molecular weight is 587 g/mol. The molecule has 4 aromatic rings. The molecule has 0 spiro atoms. The maximum Gasteiger partial charge on any atom is 0.301 e. The Morgan fingerprint density at radius 3 is 2.46 bits per heavy atom. The first-order valence-corrected chi connectivity index (χ1v) is 15.3. The molecule has 1 saturated heterocycles. The Morgan fingerprint density at radius 1 is 0.976 bits per heavy atom. The summed E-state index contributed by atoms with van der Waals surface area (Å²) in [5.74, 6) is -0.420. The number of aliphatic hydroxyl groups excluding tert-OH is 1. The molecule has 1 fully saturated rings. The third-order valence-corrected chi connectivity index (χ3v) is 8.79. The number of carbonyl (C=O) groups is 2. The number of ketones is 1. The smallest absolute Gasteiger partial charge is 0.301 e. The molecule has 1 aliphatic heterocycles. The van der Waals surface area contributed by atoms with E-state index in [2.05, 4.69) is 22.1 Å². The number of hydrogen-bond acceptors (Lipinski definition) is 9. The van der Waals surface area contributed by atoms with Crippen LogP contribution in [-0.2, 0) is 15.3 Å². The van der Waals surface area contributed by atoms with Gasteiger partial charge in [-0.1, -0.05) is 91.7 Å². The summed E-state index contributed by atoms with van der Waals surface area (Å²) >= 11 is 2.75. The number of aliphatic hydroxyl groups is 1. The Balaban J connectivity index is 1.45. The molecule has 1 amide bonds. The first-order valence-electron chi connectivity index (χ1n) is 13.5. The van der Waals surface area contributed by atoms with Crippen LogP contribution in [0.5, 0.6) is 5.75 Å². The number of aromatic nitrogens is 3. The maximum atomic E-state index is 13.4. The molecule has 0 aliphatic carbocycles. The molecule has 0 radical (unpaired) electrons. The van der Waals surface area contributed by atoms with Gasteiger partial charge < -0.3 is 9.84 Å². The van der Waals surface area contributed by atoms with Crippen molar-refractivity contribution in [2.45, 2.75) is 48.7 Å². The lowest BCUT2D eigenvalue weighted by atomic mass is 9.95. The standard InChI is InChI=1S/C31H30N4O4S2/c1-2-3-4-8-19-39-24-13-11-22(12-14-24)26-25(27(36)23-15-17-32-18-16-23)28(37)29(38)35(26)30-33-34-31(41-30)40-20-21-9-6-5-7-10-21/h5-7,9-18,26,36H,2-4,8,19-20H2,1H3. The Bertz CT molecular complexity index is 1510. The summed E-state index contributed by atoms with van der Waals surface area (Å²) in [5.41, 5.74) is 2.17. The van der Waals surface area contributed by atoms with Crippen molar-refractivity contribution in [2.75, 3.05) is 11.5 Å². The van der Waals surface area contributed by atoms with E-state index in [1.807, 2.05) is 54.6 Å². The van der Waals surface area contributed by atoms with Crippen LogP contribution in [0, 0.1) is 0 Å². The molecule has 1 aliphatic rings. The molecule has 5 rings (SSSR count). The van der Waals surface area contributed by atoms with E-state index in [1.165, 1.54) is 46.8 Å². The number of nitrogens with zero attached hydrogens (tertiary/aromatic N) is 4. The Morgan fingerprint density at radius 2 is 1.73 bits per heavy atom. The van der Waals surface area contributed by atoms with E-state index < -0.39 is 17.7 Å². The van der Waals surface area contributed by atoms with Gasteiger partial charge in [0.05, 0.1) is 18.2 Å². The van der Waals surface area contributed by atoms with Crippen LogP contribution in [0.15, 0.2) is 89.0 Å². The van der Waals surface area contributed by atoms with Crippen LogP contribution >= 0.6 is 23.1 Å². The maximum absolute atomic E-state index is 13.4. The minimum Gasteiger partial charge on any atom is -0.507 e. The molecule has 8 nitrogen and oxygen atoms in total. The van der Waals surface area contributed by atoms with Gasteiger partial charge in [-0.25, -0.2) is 0 Å². The minimum absolute atomic E-state index is 0.0110. The van der Waals surface area contributed by atoms with E-state index in [1.54, 1.807) is 12.1 Å². The molecule has 0 bridgehead atoms. The van der Waals surface area contributed by atoms with Gasteiger partial charge in [-0.15, -0.1) is 10.2 Å². The van der Waals surface area contributed by atoms with Crippen LogP contribution in [0.25, 0.3) is 5.76 Å². The number of hydrogen-bond donors (Lipinski definition) is 1. The van der Waals surface area contributed by atoms with Gasteiger partial charge in [-0.2, -0.15) is 0 Å². The lowest BCUT2D eigenvalue weighted by Crippen LogP contribution is -2.29. The Labute approximate surface area is 247 Å². The summed E-state index contributed by atoms with van der Waals surface area (Å²) in [4.78, 5) is 32.2. The van der Waals surface area contributed by atoms with Gasteiger partial charge in [0.1, 0.15) is 11.5 Å². The van der Waals surface area contributed by atoms with Crippen molar-refractivity contribution in [3.63, 3.8) is 0 Å². The predicted octanol–water partition coefficient (Wildman–Crippen LogP) is 6.81. The summed E-state index contributed by atoms with van der Waals surface area (Å²) in [7, 11) is 0. The van der Waals surface area contributed by atoms with Gasteiger partial charge in [0.2, 0.25) is 5.13 Å². The number of amides is 1. The first kappa shape index (κ1) is 28.5. The number of carbonyl (C=O) groups excluding carboxylic acids is 2. The third kappa shape index (κ3) is 6.66. The molecule has 2 aromatic heterocycles. The van der Waals surface area contributed by atoms with Crippen molar-refractivity contribution in [2.24, 2.45) is 0 Å². The van der Waals surface area contributed by atoms with Gasteiger partial charge >= 0.3 is 5.91 Å². The molecule has 3 heterocycles. The van der Waals surface area contributed by atoms with Crippen LogP contribution in [0.1, 0.15) is 55.3 Å². The second-order valence-electron chi connectivity index (χ2n) is 9.51. The van der Waals surface area contributed by atoms with Gasteiger partial charge in [0, 0.05) is 23.7 Å². The highest BCUT2D eigenvalue weighted by atomic mass is 32.2. The first-order chi connectivity index (χ1) is 20.1. The summed E-state index contributed by atoms with van der Waals surface area (Å²) in [6.45, 7) is 2.79. The zero-order valence-corrected chi connectivity index (χ0v) is 24.2. The predicted molar refractivity (Wildman–Crippen MR) is 161 cm³/mol. The number of thioether (sulfide) groups is 1. The molecular formula is C31H30N4O4S2. The second kappa shape index (κ2) is 13.6.